The Morgan fingerprint density at radius 1 is 1.28 bits per heavy atom. The van der Waals surface area contributed by atoms with Gasteiger partial charge in [0, 0.05) is 38.3 Å². The van der Waals surface area contributed by atoms with Gasteiger partial charge in [-0.25, -0.2) is 9.98 Å². The van der Waals surface area contributed by atoms with Gasteiger partial charge in [0.15, 0.2) is 11.8 Å². The standard InChI is InChI=1S/C19H26F3N7/c1-3-23-18(29-9-7-28(8-10-29)14(2)19(20,21)22)24-12-15-5-4-6-16(11-15)17-25-13-26-27-17/h4-6,11,13-14H,3,7-10,12H2,1-2H3,(H,23,24)(H,25,26,27). The molecule has 1 aromatic heterocycles. The highest BCUT2D eigenvalue weighted by Gasteiger charge is 2.41. The number of benzene rings is 1. The van der Waals surface area contributed by atoms with Crippen LogP contribution in [0, 0.1) is 0 Å². The Kier molecular flexibility index (Phi) is 6.73. The van der Waals surface area contributed by atoms with Gasteiger partial charge in [-0.05, 0) is 25.5 Å². The Morgan fingerprint density at radius 3 is 2.66 bits per heavy atom. The molecule has 1 aliphatic rings. The number of rotatable bonds is 5. The number of guanidine groups is 1. The first-order valence-electron chi connectivity index (χ1n) is 9.67. The maximum Gasteiger partial charge on any atom is 0.403 e. The van der Waals surface area contributed by atoms with Gasteiger partial charge in [-0.15, -0.1) is 0 Å². The molecule has 158 valence electrons. The number of hydrogen-bond donors (Lipinski definition) is 2. The van der Waals surface area contributed by atoms with E-state index < -0.39 is 12.2 Å². The number of aliphatic imine (C=N–C) groups is 1. The summed E-state index contributed by atoms with van der Waals surface area (Å²) in [5.74, 6) is 1.41. The number of halogens is 3. The zero-order chi connectivity index (χ0) is 20.9. The Bertz CT molecular complexity index is 796. The third-order valence-electron chi connectivity index (χ3n) is 5.00. The Balaban J connectivity index is 1.65. The summed E-state index contributed by atoms with van der Waals surface area (Å²) in [6, 6.07) is 6.43. The van der Waals surface area contributed by atoms with Crippen molar-refractivity contribution in [3.8, 4) is 11.4 Å². The molecule has 0 aliphatic carbocycles. The molecule has 0 spiro atoms. The van der Waals surface area contributed by atoms with Gasteiger partial charge in [0.2, 0.25) is 0 Å². The normalized spacial score (nSPS) is 17.4. The van der Waals surface area contributed by atoms with Crippen LogP contribution in [0.4, 0.5) is 13.2 Å². The van der Waals surface area contributed by atoms with Gasteiger partial charge in [0.1, 0.15) is 12.4 Å². The zero-order valence-corrected chi connectivity index (χ0v) is 16.6. The third-order valence-corrected chi connectivity index (χ3v) is 5.00. The van der Waals surface area contributed by atoms with Crippen LogP contribution in [0.5, 0.6) is 0 Å². The van der Waals surface area contributed by atoms with E-state index in [0.717, 1.165) is 17.1 Å². The number of nitrogens with one attached hydrogen (secondary N) is 2. The summed E-state index contributed by atoms with van der Waals surface area (Å²) in [5.41, 5.74) is 1.94. The molecule has 1 fully saturated rings. The van der Waals surface area contributed by atoms with Gasteiger partial charge >= 0.3 is 6.18 Å². The monoisotopic (exact) mass is 409 g/mol. The summed E-state index contributed by atoms with van der Waals surface area (Å²) in [7, 11) is 0. The predicted molar refractivity (Wildman–Crippen MR) is 105 cm³/mol. The molecule has 2 N–H and O–H groups in total. The highest BCUT2D eigenvalue weighted by Crippen LogP contribution is 2.25. The second-order valence-corrected chi connectivity index (χ2v) is 6.95. The van der Waals surface area contributed by atoms with E-state index in [1.807, 2.05) is 36.1 Å². The molecule has 1 saturated heterocycles. The maximum absolute atomic E-state index is 13.0. The lowest BCUT2D eigenvalue weighted by molar-refractivity contribution is -0.181. The lowest BCUT2D eigenvalue weighted by Gasteiger charge is -2.39. The summed E-state index contributed by atoms with van der Waals surface area (Å²) in [4.78, 5) is 12.3. The Labute approximate surface area is 168 Å². The van der Waals surface area contributed by atoms with Crippen molar-refractivity contribution in [1.82, 2.24) is 30.3 Å². The minimum Gasteiger partial charge on any atom is -0.357 e. The molecule has 0 amide bonds. The second kappa shape index (κ2) is 9.25. The predicted octanol–water partition coefficient (Wildman–Crippen LogP) is 2.51. The number of hydrogen-bond acceptors (Lipinski definition) is 4. The van der Waals surface area contributed by atoms with Crippen LogP contribution in [-0.2, 0) is 6.54 Å². The number of H-pyrrole nitrogens is 1. The smallest absolute Gasteiger partial charge is 0.357 e. The van der Waals surface area contributed by atoms with E-state index >= 15 is 0 Å². The molecule has 1 aliphatic heterocycles. The lowest BCUT2D eigenvalue weighted by atomic mass is 10.1. The van der Waals surface area contributed by atoms with E-state index in [1.165, 1.54) is 18.2 Å². The van der Waals surface area contributed by atoms with E-state index in [9.17, 15) is 13.2 Å². The highest BCUT2D eigenvalue weighted by molar-refractivity contribution is 5.80. The molecule has 1 aromatic carbocycles. The van der Waals surface area contributed by atoms with Gasteiger partial charge < -0.3 is 10.2 Å². The quantitative estimate of drug-likeness (QED) is 0.587. The Hall–Kier alpha value is -2.62. The average Bonchev–Trinajstić information content (AvgIpc) is 3.25. The molecule has 2 heterocycles. The molecule has 0 saturated carbocycles. The molecule has 1 atom stereocenters. The molecule has 1 unspecified atom stereocenters. The van der Waals surface area contributed by atoms with Gasteiger partial charge in [0.25, 0.3) is 0 Å². The summed E-state index contributed by atoms with van der Waals surface area (Å²) >= 11 is 0. The SMILES string of the molecule is CCNC(=NCc1cccc(-c2ncn[nH]2)c1)N1CCN(C(C)C(F)(F)F)CC1. The number of nitrogens with zero attached hydrogens (tertiary/aromatic N) is 5. The van der Waals surface area contributed by atoms with Crippen molar-refractivity contribution >= 4 is 5.96 Å². The number of alkyl halides is 3. The van der Waals surface area contributed by atoms with E-state index in [-0.39, 0.29) is 0 Å². The van der Waals surface area contributed by atoms with Crippen molar-refractivity contribution in [2.24, 2.45) is 4.99 Å². The minimum atomic E-state index is -4.20. The minimum absolute atomic E-state index is 0.353. The van der Waals surface area contributed by atoms with Crippen molar-refractivity contribution in [3.63, 3.8) is 0 Å². The van der Waals surface area contributed by atoms with Gasteiger partial charge in [0.05, 0.1) is 6.54 Å². The number of piperazine rings is 1. The Morgan fingerprint density at radius 2 is 2.03 bits per heavy atom. The largest absolute Gasteiger partial charge is 0.403 e. The molecule has 7 nitrogen and oxygen atoms in total. The van der Waals surface area contributed by atoms with Crippen molar-refractivity contribution < 1.29 is 13.2 Å². The topological polar surface area (TPSA) is 72.4 Å². The van der Waals surface area contributed by atoms with Crippen LogP contribution in [0.2, 0.25) is 0 Å². The number of aromatic amines is 1. The molecule has 0 bridgehead atoms. The molecular formula is C19H26F3N7. The van der Waals surface area contributed by atoms with Crippen molar-refractivity contribution in [2.45, 2.75) is 32.6 Å². The summed E-state index contributed by atoms with van der Waals surface area (Å²) < 4.78 is 38.9. The van der Waals surface area contributed by atoms with E-state index in [4.69, 9.17) is 4.99 Å². The maximum atomic E-state index is 13.0. The van der Waals surface area contributed by atoms with Crippen LogP contribution >= 0.6 is 0 Å². The molecular weight excluding hydrogens is 383 g/mol. The lowest BCUT2D eigenvalue weighted by Crippen LogP contribution is -2.56. The fraction of sp³-hybridized carbons (Fsp3) is 0.526. The van der Waals surface area contributed by atoms with Crippen LogP contribution < -0.4 is 5.32 Å². The van der Waals surface area contributed by atoms with Crippen molar-refractivity contribution in [3.05, 3.63) is 36.2 Å². The van der Waals surface area contributed by atoms with Crippen LogP contribution in [0.25, 0.3) is 11.4 Å². The van der Waals surface area contributed by atoms with Crippen LogP contribution in [0.15, 0.2) is 35.6 Å². The van der Waals surface area contributed by atoms with Gasteiger partial charge in [-0.3, -0.25) is 10.00 Å². The first kappa shape index (κ1) is 21.1. The van der Waals surface area contributed by atoms with Gasteiger partial charge in [-0.2, -0.15) is 18.3 Å². The van der Waals surface area contributed by atoms with Crippen LogP contribution in [0.3, 0.4) is 0 Å². The van der Waals surface area contributed by atoms with Crippen LogP contribution in [-0.4, -0.2) is 75.9 Å². The highest BCUT2D eigenvalue weighted by atomic mass is 19.4. The summed E-state index contributed by atoms with van der Waals surface area (Å²) in [6.07, 6.45) is -2.74. The second-order valence-electron chi connectivity index (χ2n) is 6.95. The first-order valence-corrected chi connectivity index (χ1v) is 9.67. The van der Waals surface area contributed by atoms with Crippen molar-refractivity contribution in [1.29, 1.82) is 0 Å². The van der Waals surface area contributed by atoms with E-state index in [1.54, 1.807) is 0 Å². The molecule has 29 heavy (non-hydrogen) atoms. The zero-order valence-electron chi connectivity index (χ0n) is 16.6. The van der Waals surface area contributed by atoms with Gasteiger partial charge in [-0.1, -0.05) is 18.2 Å². The molecule has 3 rings (SSSR count). The fourth-order valence-electron chi connectivity index (χ4n) is 3.28. The van der Waals surface area contributed by atoms with E-state index in [0.29, 0.717) is 45.1 Å². The third kappa shape index (κ3) is 5.47. The molecule has 0 radical (unpaired) electrons. The summed E-state index contributed by atoms with van der Waals surface area (Å²) in [6.45, 7) is 6.06. The van der Waals surface area contributed by atoms with E-state index in [2.05, 4.69) is 20.5 Å². The van der Waals surface area contributed by atoms with Crippen molar-refractivity contribution in [2.75, 3.05) is 32.7 Å². The molecule has 10 heteroatoms. The first-order chi connectivity index (χ1) is 13.9. The molecule has 2 aromatic rings. The average molecular weight is 409 g/mol. The summed E-state index contributed by atoms with van der Waals surface area (Å²) in [5, 5.41) is 9.95. The van der Waals surface area contributed by atoms with Crippen LogP contribution in [0.1, 0.15) is 19.4 Å². The fourth-order valence-corrected chi connectivity index (χ4v) is 3.28. The number of aromatic nitrogens is 3.